The van der Waals surface area contributed by atoms with E-state index in [1.165, 1.54) is 9.75 Å². The number of hydrogen-bond acceptors (Lipinski definition) is 4. The summed E-state index contributed by atoms with van der Waals surface area (Å²) in [6, 6.07) is 15.2. The molecule has 1 aromatic carbocycles. The van der Waals surface area contributed by atoms with Crippen molar-refractivity contribution in [2.75, 3.05) is 0 Å². The molecule has 1 N–H and O–H groups in total. The molecule has 1 aliphatic rings. The number of thiophene rings is 2. The number of amides is 2. The summed E-state index contributed by atoms with van der Waals surface area (Å²) < 4.78 is 0. The van der Waals surface area contributed by atoms with Crippen LogP contribution in [0.4, 0.5) is 0 Å². The fraction of sp³-hybridized carbons (Fsp3) is 0. The molecular weight excluding hydrogens is 302 g/mol. The number of imide groups is 1. The third-order valence-electron chi connectivity index (χ3n) is 2.93. The lowest BCUT2D eigenvalue weighted by Crippen LogP contribution is -2.19. The van der Waals surface area contributed by atoms with Gasteiger partial charge in [0, 0.05) is 9.75 Å². The maximum Gasteiger partial charge on any atom is 0.258 e. The molecule has 0 radical (unpaired) electrons. The molecule has 1 aliphatic heterocycles. The van der Waals surface area contributed by atoms with E-state index in [1.54, 1.807) is 46.9 Å². The highest BCUT2D eigenvalue weighted by atomic mass is 32.1. The number of carbonyl (C=O) groups is 2. The number of nitrogens with one attached hydrogen (secondary N) is 1. The molecule has 21 heavy (non-hydrogen) atoms. The molecule has 0 saturated carbocycles. The van der Waals surface area contributed by atoms with E-state index < -0.39 is 0 Å². The highest BCUT2D eigenvalue weighted by Gasteiger charge is 2.25. The third kappa shape index (κ3) is 2.94. The van der Waals surface area contributed by atoms with Crippen molar-refractivity contribution in [3.8, 4) is 9.75 Å². The summed E-state index contributed by atoms with van der Waals surface area (Å²) in [5.41, 5.74) is 0.940. The molecule has 5 heteroatoms. The van der Waals surface area contributed by atoms with Gasteiger partial charge < -0.3 is 0 Å². The lowest BCUT2D eigenvalue weighted by molar-refractivity contribution is 0.0879. The predicted molar refractivity (Wildman–Crippen MR) is 85.9 cm³/mol. The Morgan fingerprint density at radius 2 is 1.14 bits per heavy atom. The van der Waals surface area contributed by atoms with Gasteiger partial charge in [0.2, 0.25) is 0 Å². The molecule has 0 atom stereocenters. The largest absolute Gasteiger partial charge is 0.288 e. The second-order valence-corrected chi connectivity index (χ2v) is 6.18. The number of hydrogen-bond donors (Lipinski definition) is 1. The van der Waals surface area contributed by atoms with Gasteiger partial charge in [-0.25, -0.2) is 0 Å². The Kier molecular flexibility index (Phi) is 3.94. The van der Waals surface area contributed by atoms with Crippen LogP contribution in [0.2, 0.25) is 0 Å². The van der Waals surface area contributed by atoms with Crippen LogP contribution in [0.25, 0.3) is 9.75 Å². The van der Waals surface area contributed by atoms with Crippen LogP contribution >= 0.6 is 22.7 Å². The van der Waals surface area contributed by atoms with Gasteiger partial charge in [-0.15, -0.1) is 22.7 Å². The molecule has 104 valence electrons. The second kappa shape index (κ2) is 6.03. The summed E-state index contributed by atoms with van der Waals surface area (Å²) in [4.78, 5) is 24.6. The van der Waals surface area contributed by atoms with E-state index in [4.69, 9.17) is 0 Å². The smallest absolute Gasteiger partial charge is 0.258 e. The lowest BCUT2D eigenvalue weighted by Gasteiger charge is -1.88. The van der Waals surface area contributed by atoms with Gasteiger partial charge in [-0.3, -0.25) is 14.9 Å². The Bertz CT molecular complexity index is 696. The summed E-state index contributed by atoms with van der Waals surface area (Å²) in [5, 5.41) is 6.42. The Hall–Kier alpha value is -2.24. The van der Waals surface area contributed by atoms with Crippen LogP contribution < -0.4 is 5.32 Å². The van der Waals surface area contributed by atoms with E-state index in [1.807, 2.05) is 0 Å². The number of fused-ring (bicyclic) bond motifs is 1. The van der Waals surface area contributed by atoms with E-state index in [-0.39, 0.29) is 11.8 Å². The van der Waals surface area contributed by atoms with Gasteiger partial charge >= 0.3 is 0 Å². The maximum atomic E-state index is 10.9. The molecule has 3 heterocycles. The monoisotopic (exact) mass is 313 g/mol. The van der Waals surface area contributed by atoms with Gasteiger partial charge in [0.25, 0.3) is 11.8 Å². The van der Waals surface area contributed by atoms with Gasteiger partial charge in [0.15, 0.2) is 0 Å². The fourth-order valence-corrected chi connectivity index (χ4v) is 3.53. The first kappa shape index (κ1) is 13.7. The van der Waals surface area contributed by atoms with E-state index in [0.29, 0.717) is 11.1 Å². The molecule has 0 aliphatic carbocycles. The Morgan fingerprint density at radius 3 is 1.52 bits per heavy atom. The van der Waals surface area contributed by atoms with Crippen LogP contribution in [-0.4, -0.2) is 11.8 Å². The number of benzene rings is 1. The fourth-order valence-electron chi connectivity index (χ4n) is 1.95. The van der Waals surface area contributed by atoms with Crippen LogP contribution in [-0.2, 0) is 0 Å². The molecule has 0 saturated heterocycles. The molecule has 0 unspecified atom stereocenters. The van der Waals surface area contributed by atoms with Crippen molar-refractivity contribution >= 4 is 34.5 Å². The Morgan fingerprint density at radius 1 is 0.667 bits per heavy atom. The van der Waals surface area contributed by atoms with Gasteiger partial charge in [-0.05, 0) is 35.0 Å². The summed E-state index contributed by atoms with van der Waals surface area (Å²) in [6.07, 6.45) is 0. The molecule has 3 aromatic rings. The van der Waals surface area contributed by atoms with Gasteiger partial charge in [-0.1, -0.05) is 24.3 Å². The van der Waals surface area contributed by atoms with Crippen molar-refractivity contribution < 1.29 is 9.59 Å². The normalized spacial score (nSPS) is 12.4. The molecule has 2 aromatic heterocycles. The second-order valence-electron chi connectivity index (χ2n) is 4.28. The molecule has 0 fully saturated rings. The van der Waals surface area contributed by atoms with Crippen molar-refractivity contribution in [3.05, 3.63) is 70.4 Å². The first-order chi connectivity index (χ1) is 10.3. The zero-order chi connectivity index (χ0) is 14.7. The maximum absolute atomic E-state index is 10.9. The van der Waals surface area contributed by atoms with E-state index in [0.717, 1.165) is 0 Å². The summed E-state index contributed by atoms with van der Waals surface area (Å²) >= 11 is 3.58. The molecule has 3 nitrogen and oxygen atoms in total. The lowest BCUT2D eigenvalue weighted by atomic mass is 10.1. The minimum absolute atomic E-state index is 0.300. The van der Waals surface area contributed by atoms with Gasteiger partial charge in [0.1, 0.15) is 0 Å². The summed E-state index contributed by atoms with van der Waals surface area (Å²) in [6.45, 7) is 0. The van der Waals surface area contributed by atoms with Crippen LogP contribution in [0.15, 0.2) is 59.3 Å². The van der Waals surface area contributed by atoms with Crippen LogP contribution in [0.3, 0.4) is 0 Å². The zero-order valence-corrected chi connectivity index (χ0v) is 12.5. The highest BCUT2D eigenvalue weighted by molar-refractivity contribution is 7.20. The van der Waals surface area contributed by atoms with E-state index in [9.17, 15) is 9.59 Å². The number of rotatable bonds is 1. The molecule has 0 bridgehead atoms. The topological polar surface area (TPSA) is 46.2 Å². The van der Waals surface area contributed by atoms with Crippen molar-refractivity contribution in [2.24, 2.45) is 0 Å². The van der Waals surface area contributed by atoms with Crippen LogP contribution in [0.1, 0.15) is 20.7 Å². The first-order valence-corrected chi connectivity index (χ1v) is 8.04. The molecular formula is C16H11NO2S2. The minimum Gasteiger partial charge on any atom is -0.288 e. The standard InChI is InChI=1S/C8H5NO2.C8H6S2/c10-7-5-3-1-2-4-6(5)8(11)9-7;1-3-7(9-5-1)8-4-2-6-10-8/h1-4H,(H,9,10,11);1-6H. The Labute approximate surface area is 129 Å². The quantitative estimate of drug-likeness (QED) is 0.689. The average molecular weight is 313 g/mol. The van der Waals surface area contributed by atoms with Crippen molar-refractivity contribution in [1.82, 2.24) is 5.32 Å². The van der Waals surface area contributed by atoms with Crippen molar-refractivity contribution in [1.29, 1.82) is 0 Å². The zero-order valence-electron chi connectivity index (χ0n) is 10.9. The number of carbonyl (C=O) groups excluding carboxylic acids is 2. The minimum atomic E-state index is -0.300. The molecule has 2 amide bonds. The van der Waals surface area contributed by atoms with Crippen LogP contribution in [0.5, 0.6) is 0 Å². The average Bonchev–Trinajstić information content (AvgIpc) is 3.22. The van der Waals surface area contributed by atoms with E-state index in [2.05, 4.69) is 40.3 Å². The van der Waals surface area contributed by atoms with Crippen molar-refractivity contribution in [3.63, 3.8) is 0 Å². The molecule has 4 rings (SSSR count). The highest BCUT2D eigenvalue weighted by Crippen LogP contribution is 2.28. The molecule has 0 spiro atoms. The van der Waals surface area contributed by atoms with Gasteiger partial charge in [-0.2, -0.15) is 0 Å². The Balaban J connectivity index is 0.000000126. The summed E-state index contributed by atoms with van der Waals surface area (Å²) in [5.74, 6) is -0.601. The first-order valence-electron chi connectivity index (χ1n) is 6.28. The van der Waals surface area contributed by atoms with Crippen LogP contribution in [0, 0.1) is 0 Å². The third-order valence-corrected chi connectivity index (χ3v) is 4.86. The van der Waals surface area contributed by atoms with Gasteiger partial charge in [0.05, 0.1) is 11.1 Å². The van der Waals surface area contributed by atoms with E-state index >= 15 is 0 Å². The SMILES string of the molecule is O=C1NC(=O)c2ccccc21.c1csc(-c2cccs2)c1. The summed E-state index contributed by atoms with van der Waals surface area (Å²) in [7, 11) is 0. The van der Waals surface area contributed by atoms with Crippen molar-refractivity contribution in [2.45, 2.75) is 0 Å². The predicted octanol–water partition coefficient (Wildman–Crippen LogP) is 4.05.